The maximum Gasteiger partial charge on any atom is 0.189 e. The molecule has 391 valence electrons. The summed E-state index contributed by atoms with van der Waals surface area (Å²) < 4.78 is 17.2. The topological polar surface area (TPSA) is 102 Å². The number of aliphatic hydroxyl groups is 2. The van der Waals surface area contributed by atoms with Crippen molar-refractivity contribution in [3.05, 3.63) is 186 Å². The van der Waals surface area contributed by atoms with Gasteiger partial charge >= 0.3 is 0 Å². The smallest absolute Gasteiger partial charge is 0.189 e. The molecule has 0 aliphatic heterocycles. The molecule has 0 aromatic heterocycles. The van der Waals surface area contributed by atoms with Crippen molar-refractivity contribution < 1.29 is 51.1 Å². The molecule has 73 heavy (non-hydrogen) atoms. The molecule has 0 bridgehead atoms. The fourth-order valence-electron chi connectivity index (χ4n) is 8.19. The van der Waals surface area contributed by atoms with E-state index >= 15 is 0 Å². The van der Waals surface area contributed by atoms with Crippen molar-refractivity contribution in [3.8, 4) is 39.5 Å². The fraction of sp³-hybridized carbons (Fsp3) is 0.354. The number of ketones is 2. The van der Waals surface area contributed by atoms with Gasteiger partial charge in [-0.2, -0.15) is 0 Å². The third-order valence-corrected chi connectivity index (χ3v) is 12.6. The Bertz CT molecular complexity index is 2530. The summed E-state index contributed by atoms with van der Waals surface area (Å²) in [7, 11) is 0. The fourth-order valence-corrected chi connectivity index (χ4v) is 8.19. The molecule has 0 saturated heterocycles. The number of allylic oxidation sites excluding steroid dienone is 2. The molecule has 6 aromatic rings. The summed E-state index contributed by atoms with van der Waals surface area (Å²) >= 11 is 0. The number of hydrogen-bond acceptors (Lipinski definition) is 7. The Morgan fingerprint density at radius 2 is 0.644 bits per heavy atom. The number of carbonyl (C=O) groups is 2. The van der Waals surface area contributed by atoms with Gasteiger partial charge in [-0.25, -0.2) is 0 Å². The van der Waals surface area contributed by atoms with Crippen LogP contribution in [0.1, 0.15) is 161 Å². The Morgan fingerprint density at radius 3 is 0.986 bits per heavy atom. The second-order valence-corrected chi connectivity index (χ2v) is 18.5. The molecule has 6 aromatic carbocycles. The molecule has 8 heteroatoms. The maximum atomic E-state index is 12.5. The number of benzene rings is 6. The maximum absolute atomic E-state index is 12.5. The Morgan fingerprint density at radius 1 is 0.370 bits per heavy atom. The van der Waals surface area contributed by atoms with Gasteiger partial charge in [0.25, 0.3) is 0 Å². The summed E-state index contributed by atoms with van der Waals surface area (Å²) in [6.07, 6.45) is 23.2. The van der Waals surface area contributed by atoms with Crippen LogP contribution in [0.15, 0.2) is 158 Å². The van der Waals surface area contributed by atoms with E-state index in [-0.39, 0.29) is 40.2 Å². The molecule has 0 aliphatic carbocycles. The zero-order valence-corrected chi connectivity index (χ0v) is 44.6. The largest absolute Gasteiger partial charge is 0.507 e. The molecule has 0 fully saturated rings. The second kappa shape index (κ2) is 34.1. The van der Waals surface area contributed by atoms with E-state index in [1.165, 1.54) is 102 Å². The third-order valence-electron chi connectivity index (χ3n) is 12.6. The molecule has 0 heterocycles. The second-order valence-electron chi connectivity index (χ2n) is 18.5. The Balaban J connectivity index is 0.000000313. The van der Waals surface area contributed by atoms with Crippen LogP contribution in [0.5, 0.6) is 17.2 Å². The SMILES string of the molecule is CCCCCCCCCCOc1ccc(-c2ccc(/C(O)=C/C(=O)c3ccc(C)cc3)cc2)cc1.CCCCCCCCCCOc1ccc(-c2ccc(/C(O)=C/C(=O)c3ccc(OCC)cc3)cc2)cc1.[Cu]. The Hall–Kier alpha value is -6.34. The van der Waals surface area contributed by atoms with Gasteiger partial charge in [0.05, 0.1) is 19.8 Å². The molecule has 0 saturated carbocycles. The van der Waals surface area contributed by atoms with Crippen LogP contribution in [0.3, 0.4) is 0 Å². The molecule has 0 atom stereocenters. The minimum atomic E-state index is -0.257. The van der Waals surface area contributed by atoms with Gasteiger partial charge in [0.1, 0.15) is 28.8 Å². The van der Waals surface area contributed by atoms with Crippen molar-refractivity contribution in [3.63, 3.8) is 0 Å². The third kappa shape index (κ3) is 21.7. The molecular formula is C65H78CuO7. The van der Waals surface area contributed by atoms with Crippen molar-refractivity contribution in [2.45, 2.75) is 130 Å². The molecule has 6 rings (SSSR count). The van der Waals surface area contributed by atoms with Gasteiger partial charge in [0, 0.05) is 51.5 Å². The molecule has 7 nitrogen and oxygen atoms in total. The number of unbranched alkanes of at least 4 members (excludes halogenated alkanes) is 14. The standard InChI is InChI=1S/C33H40O4.C32H38O3.Cu/c1-3-5-6-7-8-9-10-11-24-37-31-20-16-27(17-21-31)26-12-14-28(15-13-26)32(34)25-33(35)29-18-22-30(23-19-29)36-4-2;1-3-4-5-6-7-8-9-10-23-35-30-21-19-27(20-22-30)26-15-17-29(18-16-26)32(34)24-31(33)28-13-11-25(2)12-14-28;/h12-23,25,34H,3-11,24H2,1-2H3;11-22,24,34H,3-10,23H2,1-2H3;/b32-25-;32-24-;. The first-order valence-corrected chi connectivity index (χ1v) is 26.5. The van der Waals surface area contributed by atoms with Gasteiger partial charge in [-0.15, -0.1) is 0 Å². The van der Waals surface area contributed by atoms with Gasteiger partial charge in [-0.1, -0.05) is 206 Å². The number of aryl methyl sites for hydroxylation is 1. The number of hydrogen-bond donors (Lipinski definition) is 2. The minimum Gasteiger partial charge on any atom is -0.507 e. The predicted molar refractivity (Wildman–Crippen MR) is 299 cm³/mol. The van der Waals surface area contributed by atoms with Crippen LogP contribution in [0.4, 0.5) is 0 Å². The Labute approximate surface area is 447 Å². The van der Waals surface area contributed by atoms with Crippen molar-refractivity contribution in [1.29, 1.82) is 0 Å². The van der Waals surface area contributed by atoms with Crippen LogP contribution in [-0.4, -0.2) is 41.6 Å². The van der Waals surface area contributed by atoms with Gasteiger partial charge < -0.3 is 24.4 Å². The van der Waals surface area contributed by atoms with Crippen molar-refractivity contribution in [2.24, 2.45) is 0 Å². The van der Waals surface area contributed by atoms with Gasteiger partial charge in [0.15, 0.2) is 11.6 Å². The van der Waals surface area contributed by atoms with Crippen LogP contribution in [-0.2, 0) is 17.1 Å². The average Bonchev–Trinajstić information content (AvgIpc) is 3.41. The van der Waals surface area contributed by atoms with Crippen molar-refractivity contribution >= 4 is 23.1 Å². The Kier molecular flexibility index (Phi) is 27.7. The first kappa shape index (κ1) is 59.2. The van der Waals surface area contributed by atoms with E-state index in [9.17, 15) is 19.8 Å². The van der Waals surface area contributed by atoms with Gasteiger partial charge in [0.2, 0.25) is 0 Å². The van der Waals surface area contributed by atoms with E-state index in [2.05, 4.69) is 26.0 Å². The van der Waals surface area contributed by atoms with Crippen molar-refractivity contribution in [1.82, 2.24) is 0 Å². The zero-order chi connectivity index (χ0) is 51.2. The summed E-state index contributed by atoms with van der Waals surface area (Å²) in [6.45, 7) is 10.5. The first-order valence-electron chi connectivity index (χ1n) is 26.5. The quantitative estimate of drug-likeness (QED) is 0.0152. The monoisotopic (exact) mass is 1030 g/mol. The molecular weight excluding hydrogens is 956 g/mol. The number of ether oxygens (including phenoxy) is 3. The van der Waals surface area contributed by atoms with Crippen LogP contribution in [0, 0.1) is 6.92 Å². The molecule has 1 radical (unpaired) electrons. The van der Waals surface area contributed by atoms with E-state index in [1.54, 1.807) is 36.4 Å². The van der Waals surface area contributed by atoms with E-state index in [4.69, 9.17) is 14.2 Å². The van der Waals surface area contributed by atoms with E-state index < -0.39 is 0 Å². The summed E-state index contributed by atoms with van der Waals surface area (Å²) in [6, 6.07) is 45.5. The number of aliphatic hydroxyl groups excluding tert-OH is 2. The average molecular weight is 1030 g/mol. The van der Waals surface area contributed by atoms with Crippen LogP contribution in [0.25, 0.3) is 33.8 Å². The minimum absolute atomic E-state index is 0. The van der Waals surface area contributed by atoms with E-state index in [1.807, 2.05) is 111 Å². The molecule has 0 aliphatic rings. The van der Waals surface area contributed by atoms with Gasteiger partial charge in [-0.3, -0.25) is 9.59 Å². The summed E-state index contributed by atoms with van der Waals surface area (Å²) in [4.78, 5) is 24.9. The summed E-state index contributed by atoms with van der Waals surface area (Å²) in [5.41, 5.74) is 7.57. The predicted octanol–water partition coefficient (Wildman–Crippen LogP) is 18.0. The molecule has 0 unspecified atom stereocenters. The summed E-state index contributed by atoms with van der Waals surface area (Å²) in [5, 5.41) is 20.9. The summed E-state index contributed by atoms with van der Waals surface area (Å²) in [5.74, 6) is 1.93. The van der Waals surface area contributed by atoms with Crippen LogP contribution in [0.2, 0.25) is 0 Å². The number of rotatable bonds is 30. The van der Waals surface area contributed by atoms with Crippen LogP contribution < -0.4 is 14.2 Å². The van der Waals surface area contributed by atoms with Crippen molar-refractivity contribution in [2.75, 3.05) is 19.8 Å². The van der Waals surface area contributed by atoms with E-state index in [0.29, 0.717) is 34.6 Å². The molecule has 0 amide bonds. The van der Waals surface area contributed by atoms with Crippen LogP contribution >= 0.6 is 0 Å². The normalized spacial score (nSPS) is 11.2. The van der Waals surface area contributed by atoms with Gasteiger partial charge in [-0.05, 0) is 97.5 Å². The van der Waals surface area contributed by atoms with E-state index in [0.717, 1.165) is 65.4 Å². The molecule has 2 N–H and O–H groups in total. The number of carbonyl (C=O) groups excluding carboxylic acids is 2. The molecule has 0 spiro atoms. The zero-order valence-electron chi connectivity index (χ0n) is 43.7. The first-order chi connectivity index (χ1) is 35.2.